The normalized spacial score (nSPS) is 37.3. The van der Waals surface area contributed by atoms with E-state index in [1.54, 1.807) is 58.9 Å². The van der Waals surface area contributed by atoms with Gasteiger partial charge < -0.3 is 23.7 Å². The van der Waals surface area contributed by atoms with Crippen LogP contribution in [0.15, 0.2) is 58.3 Å². The quantitative estimate of drug-likeness (QED) is 0.296. The van der Waals surface area contributed by atoms with Gasteiger partial charge in [-0.2, -0.15) is 16.8 Å². The predicted molar refractivity (Wildman–Crippen MR) is 155 cm³/mol. The summed E-state index contributed by atoms with van der Waals surface area (Å²) in [6.45, 7) is 7.49. The van der Waals surface area contributed by atoms with Crippen molar-refractivity contribution in [1.82, 2.24) is 0 Å². The van der Waals surface area contributed by atoms with E-state index in [0.29, 0.717) is 6.42 Å². The molecule has 4 heterocycles. The van der Waals surface area contributed by atoms with Crippen LogP contribution in [0.2, 0.25) is 0 Å². The number of hydrogen-bond acceptors (Lipinski definition) is 13. The summed E-state index contributed by atoms with van der Waals surface area (Å²) in [5.74, 6) is -1.42. The minimum Gasteiger partial charge on any atom is -0.454 e. The van der Waals surface area contributed by atoms with E-state index in [0.717, 1.165) is 11.1 Å². The summed E-state index contributed by atoms with van der Waals surface area (Å²) in [6.07, 6.45) is -7.78. The number of carbonyl (C=O) groups excluding carboxylic acids is 2. The third-order valence-electron chi connectivity index (χ3n) is 10.5. The van der Waals surface area contributed by atoms with Gasteiger partial charge in [0.15, 0.2) is 6.10 Å². The average Bonchev–Trinajstić information content (AvgIpc) is 3.28. The van der Waals surface area contributed by atoms with Crippen molar-refractivity contribution in [2.24, 2.45) is 10.8 Å². The minimum absolute atomic E-state index is 0.162. The molecule has 6 fully saturated rings. The molecule has 2 aromatic rings. The van der Waals surface area contributed by atoms with Crippen LogP contribution in [0.4, 0.5) is 0 Å². The zero-order valence-electron chi connectivity index (χ0n) is 25.7. The largest absolute Gasteiger partial charge is 0.454 e. The van der Waals surface area contributed by atoms with Crippen LogP contribution in [0, 0.1) is 24.7 Å². The summed E-state index contributed by atoms with van der Waals surface area (Å²) >= 11 is 0. The maximum absolute atomic E-state index is 14.1. The Morgan fingerprint density at radius 1 is 0.717 bits per heavy atom. The summed E-state index contributed by atoms with van der Waals surface area (Å²) in [5, 5.41) is 0. The fraction of sp³-hybridized carbons (Fsp3) is 0.548. The van der Waals surface area contributed by atoms with E-state index >= 15 is 0 Å². The Hall–Kier alpha value is -2.92. The highest BCUT2D eigenvalue weighted by molar-refractivity contribution is 7.87. The molecule has 0 aromatic heterocycles. The Bertz CT molecular complexity index is 1710. The Kier molecular flexibility index (Phi) is 7.08. The lowest BCUT2D eigenvalue weighted by Crippen LogP contribution is -2.77. The molecule has 4 aliphatic heterocycles. The van der Waals surface area contributed by atoms with Crippen molar-refractivity contribution in [3.05, 3.63) is 59.7 Å². The lowest BCUT2D eigenvalue weighted by Gasteiger charge is -2.57. The predicted octanol–water partition coefficient (Wildman–Crippen LogP) is 2.67. The van der Waals surface area contributed by atoms with Gasteiger partial charge >= 0.3 is 11.9 Å². The molecule has 6 aliphatic rings. The summed E-state index contributed by atoms with van der Waals surface area (Å²) < 4.78 is 94.5. The van der Waals surface area contributed by atoms with E-state index in [-0.39, 0.29) is 16.2 Å². The maximum Gasteiger partial charge on any atom is 0.351 e. The van der Waals surface area contributed by atoms with Gasteiger partial charge in [0, 0.05) is 5.41 Å². The van der Waals surface area contributed by atoms with Gasteiger partial charge in [0.05, 0.1) is 15.2 Å². The highest BCUT2D eigenvalue weighted by atomic mass is 32.2. The molecule has 13 nitrogen and oxygen atoms in total. The fourth-order valence-electron chi connectivity index (χ4n) is 7.16. The van der Waals surface area contributed by atoms with Gasteiger partial charge in [0.2, 0.25) is 5.60 Å². The standard InChI is InChI=1S/C31H34O13S2/c1-16-6-10-18(11-7-16)45(34,35)43-24-21-20(38-27(33)31-15-14-30(5,26(32)42-31)29(31,3)4)22-25(23(24)41-28(39-21)40-22)44-46(36,37)19-12-8-17(2)9-13-19/h6-13,20-25,28H,14-15H2,1-5H3/t20-,21-,22+,23-,24-,25-,28-,30?,31?/m1/s1. The Morgan fingerprint density at radius 2 is 1.15 bits per heavy atom. The van der Waals surface area contributed by atoms with E-state index in [4.69, 9.17) is 32.1 Å². The summed E-state index contributed by atoms with van der Waals surface area (Å²) in [6, 6.07) is 11.8. The molecule has 248 valence electrons. The molecular formula is C31H34O13S2. The smallest absolute Gasteiger partial charge is 0.351 e. The van der Waals surface area contributed by atoms with Crippen molar-refractivity contribution in [3.63, 3.8) is 0 Å². The number of hydrogen-bond donors (Lipinski definition) is 0. The second-order valence-corrected chi connectivity index (χ2v) is 16.4. The number of esters is 2. The maximum atomic E-state index is 14.1. The fourth-order valence-corrected chi connectivity index (χ4v) is 9.34. The van der Waals surface area contributed by atoms with Crippen LogP contribution in [0.1, 0.15) is 44.7 Å². The zero-order chi connectivity index (χ0) is 33.0. The second-order valence-electron chi connectivity index (χ2n) is 13.3. The first-order valence-electron chi connectivity index (χ1n) is 14.9. The van der Waals surface area contributed by atoms with E-state index in [2.05, 4.69) is 0 Å². The summed E-state index contributed by atoms with van der Waals surface area (Å²) in [7, 11) is -8.95. The highest BCUT2D eigenvalue weighted by Gasteiger charge is 2.77. The Morgan fingerprint density at radius 3 is 1.54 bits per heavy atom. The molecule has 2 aliphatic carbocycles. The van der Waals surface area contributed by atoms with Crippen LogP contribution in [0.25, 0.3) is 0 Å². The van der Waals surface area contributed by atoms with Crippen LogP contribution >= 0.6 is 0 Å². The van der Waals surface area contributed by atoms with Gasteiger partial charge in [-0.3, -0.25) is 13.2 Å². The van der Waals surface area contributed by atoms with E-state index in [1.807, 2.05) is 0 Å². The number of aryl methyl sites for hydroxylation is 2. The van der Waals surface area contributed by atoms with E-state index in [1.165, 1.54) is 24.3 Å². The van der Waals surface area contributed by atoms with Crippen LogP contribution in [0.5, 0.6) is 0 Å². The summed E-state index contributed by atoms with van der Waals surface area (Å²) in [4.78, 5) is 26.6. The molecule has 46 heavy (non-hydrogen) atoms. The monoisotopic (exact) mass is 678 g/mol. The van der Waals surface area contributed by atoms with Gasteiger partial charge in [-0.15, -0.1) is 0 Å². The first kappa shape index (κ1) is 31.7. The molecular weight excluding hydrogens is 644 g/mol. The first-order chi connectivity index (χ1) is 21.5. The number of ether oxygens (including phenoxy) is 5. The zero-order valence-corrected chi connectivity index (χ0v) is 27.3. The van der Waals surface area contributed by atoms with Crippen molar-refractivity contribution < 1.29 is 58.5 Å². The van der Waals surface area contributed by atoms with Gasteiger partial charge in [0.1, 0.15) is 30.5 Å². The van der Waals surface area contributed by atoms with Crippen molar-refractivity contribution in [2.45, 2.75) is 106 Å². The molecule has 15 heteroatoms. The molecule has 8 rings (SSSR count). The van der Waals surface area contributed by atoms with Gasteiger partial charge in [-0.05, 0) is 57.9 Å². The van der Waals surface area contributed by atoms with Gasteiger partial charge in [0.25, 0.3) is 26.7 Å². The second kappa shape index (κ2) is 10.3. The van der Waals surface area contributed by atoms with Crippen LogP contribution in [0.3, 0.4) is 0 Å². The van der Waals surface area contributed by atoms with E-state index < -0.39 is 91.7 Å². The number of benzene rings is 2. The average molecular weight is 679 g/mol. The molecule has 0 radical (unpaired) electrons. The first-order valence-corrected chi connectivity index (χ1v) is 17.7. The van der Waals surface area contributed by atoms with Crippen LogP contribution < -0.4 is 0 Å². The van der Waals surface area contributed by atoms with Crippen molar-refractivity contribution in [1.29, 1.82) is 0 Å². The Balaban J connectivity index is 1.25. The molecule has 9 atom stereocenters. The van der Waals surface area contributed by atoms with Crippen molar-refractivity contribution in [2.75, 3.05) is 0 Å². The molecule has 2 saturated carbocycles. The van der Waals surface area contributed by atoms with Crippen LogP contribution in [-0.4, -0.2) is 77.5 Å². The SMILES string of the molecule is Cc1ccc(S(=O)(=O)O[C@H]2[C@H]3O[C@@H]4O[C@@H]2[C@@H](OC(=O)C25CCC(C)(C(=O)O2)C5(C)C)[C@H](O4)[C@H]3OS(=O)(=O)c2ccc(C)cc2)cc1. The summed E-state index contributed by atoms with van der Waals surface area (Å²) in [5.41, 5.74) is -1.90. The van der Waals surface area contributed by atoms with Gasteiger partial charge in [-0.1, -0.05) is 49.2 Å². The topological polar surface area (TPSA) is 167 Å². The molecule has 2 aromatic carbocycles. The number of fused-ring (bicyclic) bond motifs is 2. The third-order valence-corrected chi connectivity index (χ3v) is 13.1. The number of carbonyl (C=O) groups is 2. The van der Waals surface area contributed by atoms with Crippen molar-refractivity contribution >= 4 is 32.2 Å². The molecule has 0 N–H and O–H groups in total. The van der Waals surface area contributed by atoms with Gasteiger partial charge in [-0.25, -0.2) is 4.79 Å². The molecule has 0 spiro atoms. The molecule has 2 unspecified atom stereocenters. The Labute approximate surface area is 266 Å². The van der Waals surface area contributed by atoms with Crippen LogP contribution in [-0.2, 0) is 61.9 Å². The third kappa shape index (κ3) is 4.50. The number of rotatable bonds is 8. The molecule has 6 bridgehead atoms. The lowest BCUT2D eigenvalue weighted by molar-refractivity contribution is -0.476. The lowest BCUT2D eigenvalue weighted by atomic mass is 9.66. The highest BCUT2D eigenvalue weighted by Crippen LogP contribution is 2.66. The van der Waals surface area contributed by atoms with Crippen molar-refractivity contribution in [3.8, 4) is 0 Å². The molecule has 0 amide bonds. The van der Waals surface area contributed by atoms with E-state index in [9.17, 15) is 26.4 Å². The molecule has 4 saturated heterocycles. The minimum atomic E-state index is -4.47.